The summed E-state index contributed by atoms with van der Waals surface area (Å²) in [6.45, 7) is 2.79. The second-order valence-electron chi connectivity index (χ2n) is 8.05. The molecule has 1 heterocycles. The van der Waals surface area contributed by atoms with Gasteiger partial charge in [-0.05, 0) is 55.3 Å². The van der Waals surface area contributed by atoms with Crippen molar-refractivity contribution in [3.05, 3.63) is 53.8 Å². The Bertz CT molecular complexity index is 1410. The van der Waals surface area contributed by atoms with Gasteiger partial charge in [-0.3, -0.25) is 9.44 Å². The standard InChI is InChI=1S/C22H27FN4O5S2/c1-15-12-22(24-20-8-6-16(13-18(15)20)25-33(3,28)29)27(2)10-5-11-32-21-9-7-17(14-19(21)23)26-34(4,30)31/h6-9,12-14,25-26H,5,10-11H2,1-4H3. The molecule has 34 heavy (non-hydrogen) atoms. The third-order valence-corrected chi connectivity index (χ3v) is 6.04. The second-order valence-corrected chi connectivity index (χ2v) is 11.5. The highest BCUT2D eigenvalue weighted by Gasteiger charge is 2.11. The largest absolute Gasteiger partial charge is 0.490 e. The van der Waals surface area contributed by atoms with Gasteiger partial charge in [0.2, 0.25) is 20.0 Å². The molecule has 0 unspecified atom stereocenters. The van der Waals surface area contributed by atoms with Crippen LogP contribution in [0.1, 0.15) is 12.0 Å². The number of nitrogens with one attached hydrogen (secondary N) is 2. The molecular formula is C22H27FN4O5S2. The summed E-state index contributed by atoms with van der Waals surface area (Å²) in [5.41, 5.74) is 2.29. The van der Waals surface area contributed by atoms with Crippen LogP contribution in [-0.4, -0.2) is 54.5 Å². The second kappa shape index (κ2) is 10.0. The number of hydrogen-bond donors (Lipinski definition) is 2. The molecule has 3 aromatic rings. The Morgan fingerprint density at radius 3 is 2.21 bits per heavy atom. The van der Waals surface area contributed by atoms with Crippen LogP contribution in [0.25, 0.3) is 10.9 Å². The van der Waals surface area contributed by atoms with Crippen LogP contribution in [-0.2, 0) is 20.0 Å². The van der Waals surface area contributed by atoms with Gasteiger partial charge in [-0.2, -0.15) is 0 Å². The van der Waals surface area contributed by atoms with E-state index in [9.17, 15) is 21.2 Å². The third-order valence-electron chi connectivity index (χ3n) is 4.83. The van der Waals surface area contributed by atoms with E-state index in [-0.39, 0.29) is 18.0 Å². The lowest BCUT2D eigenvalue weighted by atomic mass is 10.1. The maximum absolute atomic E-state index is 14.2. The predicted octanol–water partition coefficient (Wildman–Crippen LogP) is 3.33. The first-order chi connectivity index (χ1) is 15.8. The van der Waals surface area contributed by atoms with Crippen molar-refractivity contribution in [2.45, 2.75) is 13.3 Å². The van der Waals surface area contributed by atoms with Crippen molar-refractivity contribution in [2.75, 3.05) is 47.1 Å². The number of ether oxygens (including phenoxy) is 1. The molecule has 0 fully saturated rings. The zero-order valence-electron chi connectivity index (χ0n) is 19.3. The highest BCUT2D eigenvalue weighted by molar-refractivity contribution is 7.92. The molecule has 0 atom stereocenters. The molecule has 184 valence electrons. The van der Waals surface area contributed by atoms with Crippen molar-refractivity contribution >= 4 is 48.1 Å². The Hall–Kier alpha value is -3.12. The lowest BCUT2D eigenvalue weighted by Gasteiger charge is -2.20. The Morgan fingerprint density at radius 1 is 0.971 bits per heavy atom. The number of hydrogen-bond acceptors (Lipinski definition) is 7. The molecule has 0 saturated heterocycles. The number of benzene rings is 2. The number of pyridine rings is 1. The first kappa shape index (κ1) is 25.5. The molecule has 2 N–H and O–H groups in total. The van der Waals surface area contributed by atoms with Crippen molar-refractivity contribution in [1.29, 1.82) is 0 Å². The fourth-order valence-electron chi connectivity index (χ4n) is 3.34. The Morgan fingerprint density at radius 2 is 1.59 bits per heavy atom. The topological polar surface area (TPSA) is 118 Å². The van der Waals surface area contributed by atoms with Gasteiger partial charge in [0.15, 0.2) is 11.6 Å². The van der Waals surface area contributed by atoms with E-state index in [1.54, 1.807) is 18.2 Å². The molecule has 2 aromatic carbocycles. The van der Waals surface area contributed by atoms with Crippen LogP contribution >= 0.6 is 0 Å². The molecule has 0 amide bonds. The normalized spacial score (nSPS) is 11.9. The highest BCUT2D eigenvalue weighted by atomic mass is 32.2. The van der Waals surface area contributed by atoms with Gasteiger partial charge >= 0.3 is 0 Å². The van der Waals surface area contributed by atoms with Gasteiger partial charge in [0.25, 0.3) is 0 Å². The molecule has 0 aliphatic carbocycles. The summed E-state index contributed by atoms with van der Waals surface area (Å²) in [4.78, 5) is 6.61. The van der Waals surface area contributed by atoms with Crippen LogP contribution in [0.2, 0.25) is 0 Å². The number of aromatic nitrogens is 1. The van der Waals surface area contributed by atoms with Crippen molar-refractivity contribution in [1.82, 2.24) is 4.98 Å². The fraction of sp³-hybridized carbons (Fsp3) is 0.318. The minimum atomic E-state index is -3.49. The van der Waals surface area contributed by atoms with E-state index >= 15 is 0 Å². The van der Waals surface area contributed by atoms with Gasteiger partial charge in [-0.1, -0.05) is 0 Å². The minimum absolute atomic E-state index is 0.0416. The van der Waals surface area contributed by atoms with E-state index in [1.807, 2.05) is 24.9 Å². The van der Waals surface area contributed by atoms with Crippen molar-refractivity contribution in [3.63, 3.8) is 0 Å². The molecule has 0 aliphatic heterocycles. The van der Waals surface area contributed by atoms with E-state index in [0.29, 0.717) is 18.7 Å². The Labute approximate surface area is 199 Å². The number of rotatable bonds is 10. The molecule has 0 spiro atoms. The quantitative estimate of drug-likeness (QED) is 0.402. The molecule has 3 rings (SSSR count). The number of nitrogens with zero attached hydrogens (tertiary/aromatic N) is 2. The maximum atomic E-state index is 14.2. The van der Waals surface area contributed by atoms with Gasteiger partial charge in [-0.15, -0.1) is 0 Å². The summed E-state index contributed by atoms with van der Waals surface area (Å²) < 4.78 is 69.8. The van der Waals surface area contributed by atoms with Crippen LogP contribution in [0.3, 0.4) is 0 Å². The summed E-state index contributed by atoms with van der Waals surface area (Å²) in [5.74, 6) is 0.134. The van der Waals surface area contributed by atoms with Crippen molar-refractivity contribution in [3.8, 4) is 5.75 Å². The van der Waals surface area contributed by atoms with E-state index in [4.69, 9.17) is 4.74 Å². The van der Waals surface area contributed by atoms with Crippen LogP contribution < -0.4 is 19.1 Å². The van der Waals surface area contributed by atoms with Gasteiger partial charge in [-0.25, -0.2) is 26.2 Å². The number of sulfonamides is 2. The number of aryl methyl sites for hydroxylation is 1. The zero-order valence-corrected chi connectivity index (χ0v) is 20.9. The van der Waals surface area contributed by atoms with E-state index in [2.05, 4.69) is 14.4 Å². The first-order valence-corrected chi connectivity index (χ1v) is 14.1. The van der Waals surface area contributed by atoms with Crippen molar-refractivity contribution in [2.24, 2.45) is 0 Å². The summed E-state index contributed by atoms with van der Waals surface area (Å²) >= 11 is 0. The number of fused-ring (bicyclic) bond motifs is 1. The molecule has 0 aliphatic rings. The monoisotopic (exact) mass is 510 g/mol. The molecular weight excluding hydrogens is 483 g/mol. The minimum Gasteiger partial charge on any atom is -0.490 e. The maximum Gasteiger partial charge on any atom is 0.229 e. The van der Waals surface area contributed by atoms with E-state index in [1.165, 1.54) is 12.1 Å². The number of halogens is 1. The van der Waals surface area contributed by atoms with Crippen LogP contribution in [0, 0.1) is 12.7 Å². The highest BCUT2D eigenvalue weighted by Crippen LogP contribution is 2.26. The Balaban J connectivity index is 1.60. The van der Waals surface area contributed by atoms with Crippen molar-refractivity contribution < 1.29 is 26.0 Å². The predicted molar refractivity (Wildman–Crippen MR) is 133 cm³/mol. The smallest absolute Gasteiger partial charge is 0.229 e. The molecule has 1 aromatic heterocycles. The molecule has 0 radical (unpaired) electrons. The molecule has 0 bridgehead atoms. The summed E-state index contributed by atoms with van der Waals surface area (Å²) in [7, 11) is -4.96. The van der Waals surface area contributed by atoms with Gasteiger partial charge in [0.1, 0.15) is 5.82 Å². The fourth-order valence-corrected chi connectivity index (χ4v) is 4.45. The van der Waals surface area contributed by atoms with Crippen LogP contribution in [0.4, 0.5) is 21.6 Å². The molecule has 12 heteroatoms. The third kappa shape index (κ3) is 7.19. The first-order valence-electron chi connectivity index (χ1n) is 10.3. The SMILES string of the molecule is Cc1cc(N(C)CCCOc2ccc(NS(C)(=O)=O)cc2F)nc2ccc(NS(C)(=O)=O)cc12. The van der Waals surface area contributed by atoms with Crippen LogP contribution in [0.5, 0.6) is 5.75 Å². The van der Waals surface area contributed by atoms with Gasteiger partial charge in [0.05, 0.1) is 30.3 Å². The van der Waals surface area contributed by atoms with E-state index < -0.39 is 25.9 Å². The average Bonchev–Trinajstić information content (AvgIpc) is 2.70. The molecule has 0 saturated carbocycles. The lowest BCUT2D eigenvalue weighted by molar-refractivity contribution is 0.297. The zero-order chi connectivity index (χ0) is 25.1. The van der Waals surface area contributed by atoms with Gasteiger partial charge < -0.3 is 9.64 Å². The van der Waals surface area contributed by atoms with E-state index in [0.717, 1.165) is 40.9 Å². The summed E-state index contributed by atoms with van der Waals surface area (Å²) in [5, 5.41) is 0.846. The molecule has 9 nitrogen and oxygen atoms in total. The summed E-state index contributed by atoms with van der Waals surface area (Å²) in [6, 6.07) is 11.0. The lowest BCUT2D eigenvalue weighted by Crippen LogP contribution is -2.21. The van der Waals surface area contributed by atoms with Gasteiger partial charge in [0, 0.05) is 30.7 Å². The van der Waals surface area contributed by atoms with Crippen LogP contribution in [0.15, 0.2) is 42.5 Å². The number of anilines is 3. The average molecular weight is 511 g/mol. The Kier molecular flexibility index (Phi) is 7.51. The summed E-state index contributed by atoms with van der Waals surface area (Å²) in [6.07, 6.45) is 2.68.